The number of nitrogens with two attached hydrogens (primary N) is 1. The van der Waals surface area contributed by atoms with Gasteiger partial charge in [0.05, 0.1) is 16.6 Å². The summed E-state index contributed by atoms with van der Waals surface area (Å²) in [4.78, 5) is 12.4. The summed E-state index contributed by atoms with van der Waals surface area (Å²) >= 11 is 0. The predicted octanol–water partition coefficient (Wildman–Crippen LogP) is 2.55. The summed E-state index contributed by atoms with van der Waals surface area (Å²) in [6.07, 6.45) is 0.915. The second kappa shape index (κ2) is 4.26. The smallest absolute Gasteiger partial charge is 0.209 e. The third kappa shape index (κ3) is 1.55. The first-order valence-corrected chi connectivity index (χ1v) is 6.66. The number of nitriles is 1. The first kappa shape index (κ1) is 14.4. The highest BCUT2D eigenvalue weighted by atomic mass is 19.2. The Morgan fingerprint density at radius 3 is 2.45 bits per heavy atom. The molecule has 0 fully saturated rings. The Morgan fingerprint density at radius 1 is 1.23 bits per heavy atom. The molecule has 0 radical (unpaired) electrons. The molecule has 1 aliphatic heterocycles. The summed E-state index contributed by atoms with van der Waals surface area (Å²) in [5.74, 6) is -4.78. The van der Waals surface area contributed by atoms with E-state index in [4.69, 9.17) is 5.73 Å². The van der Waals surface area contributed by atoms with Crippen LogP contribution < -0.4 is 11.2 Å². The Labute approximate surface area is 123 Å². The minimum absolute atomic E-state index is 0.199. The van der Waals surface area contributed by atoms with E-state index >= 15 is 0 Å². The van der Waals surface area contributed by atoms with Gasteiger partial charge in [-0.1, -0.05) is 0 Å². The zero-order valence-electron chi connectivity index (χ0n) is 11.9. The first-order valence-electron chi connectivity index (χ1n) is 6.66. The van der Waals surface area contributed by atoms with Crippen molar-refractivity contribution >= 4 is 16.6 Å². The van der Waals surface area contributed by atoms with Crippen LogP contribution in [0.15, 0.2) is 4.79 Å². The van der Waals surface area contributed by atoms with Gasteiger partial charge in [0.1, 0.15) is 11.6 Å². The molecule has 22 heavy (non-hydrogen) atoms. The van der Waals surface area contributed by atoms with Crippen LogP contribution in [-0.4, -0.2) is 4.57 Å². The van der Waals surface area contributed by atoms with Crippen molar-refractivity contribution in [2.75, 3.05) is 5.73 Å². The third-order valence-electron chi connectivity index (χ3n) is 4.26. The summed E-state index contributed by atoms with van der Waals surface area (Å²) in [6, 6.07) is 1.78. The average molecular weight is 307 g/mol. The van der Waals surface area contributed by atoms with Gasteiger partial charge in [-0.2, -0.15) is 5.26 Å². The fourth-order valence-electron chi connectivity index (χ4n) is 3.16. The summed E-state index contributed by atoms with van der Waals surface area (Å²) in [6.45, 7) is 3.54. The molecule has 0 unspecified atom stereocenters. The van der Waals surface area contributed by atoms with E-state index in [1.165, 1.54) is 4.57 Å². The molecule has 1 aromatic heterocycles. The second-order valence-corrected chi connectivity index (χ2v) is 5.99. The fourth-order valence-corrected chi connectivity index (χ4v) is 3.16. The molecule has 2 aromatic rings. The number of fused-ring (bicyclic) bond motifs is 3. The van der Waals surface area contributed by atoms with E-state index in [0.717, 1.165) is 0 Å². The van der Waals surface area contributed by atoms with Gasteiger partial charge in [-0.3, -0.25) is 4.79 Å². The van der Waals surface area contributed by atoms with E-state index in [2.05, 4.69) is 0 Å². The number of benzene rings is 1. The highest BCUT2D eigenvalue weighted by Crippen LogP contribution is 2.38. The Morgan fingerprint density at radius 2 is 1.86 bits per heavy atom. The normalized spacial score (nSPS) is 15.8. The van der Waals surface area contributed by atoms with E-state index in [-0.39, 0.29) is 11.1 Å². The molecule has 114 valence electrons. The molecular formula is C15H12F3N3O. The molecule has 2 heterocycles. The largest absolute Gasteiger partial charge is 0.396 e. The van der Waals surface area contributed by atoms with Crippen molar-refractivity contribution in [3.63, 3.8) is 0 Å². The number of halogens is 3. The van der Waals surface area contributed by atoms with Gasteiger partial charge in [-0.15, -0.1) is 0 Å². The summed E-state index contributed by atoms with van der Waals surface area (Å²) in [5, 5.41) is 8.75. The van der Waals surface area contributed by atoms with Crippen molar-refractivity contribution in [2.24, 2.45) is 0 Å². The van der Waals surface area contributed by atoms with Crippen LogP contribution in [0.25, 0.3) is 10.9 Å². The number of hydrogen-bond acceptors (Lipinski definition) is 3. The summed E-state index contributed by atoms with van der Waals surface area (Å²) in [7, 11) is 0. The molecule has 0 amide bonds. The van der Waals surface area contributed by atoms with Crippen LogP contribution >= 0.6 is 0 Å². The number of hydrogen-bond donors (Lipinski definition) is 1. The van der Waals surface area contributed by atoms with Crippen LogP contribution in [0.1, 0.15) is 31.5 Å². The molecule has 2 N–H and O–H groups in total. The van der Waals surface area contributed by atoms with Crippen LogP contribution in [0, 0.1) is 28.8 Å². The Kier molecular flexibility index (Phi) is 2.80. The highest BCUT2D eigenvalue weighted by molar-refractivity contribution is 5.93. The summed E-state index contributed by atoms with van der Waals surface area (Å²) < 4.78 is 43.2. The van der Waals surface area contributed by atoms with Gasteiger partial charge in [0.15, 0.2) is 17.5 Å². The first-order chi connectivity index (χ1) is 10.2. The SMILES string of the molecule is CC1(C)CCc2c(C#N)c(=O)c3c(N)c(F)c(F)c(F)c3n21. The predicted molar refractivity (Wildman–Crippen MR) is 74.9 cm³/mol. The third-order valence-corrected chi connectivity index (χ3v) is 4.26. The van der Waals surface area contributed by atoms with Crippen molar-refractivity contribution in [1.29, 1.82) is 5.26 Å². The van der Waals surface area contributed by atoms with E-state index in [9.17, 15) is 23.2 Å². The number of nitrogen functional groups attached to an aromatic ring is 1. The van der Waals surface area contributed by atoms with Crippen LogP contribution in [0.4, 0.5) is 18.9 Å². The van der Waals surface area contributed by atoms with Crippen molar-refractivity contribution in [1.82, 2.24) is 4.57 Å². The number of nitrogens with zero attached hydrogens (tertiary/aromatic N) is 2. The number of anilines is 1. The molecule has 0 saturated carbocycles. The molecule has 7 heteroatoms. The minimum Gasteiger partial charge on any atom is -0.396 e. The molecule has 1 aliphatic rings. The number of pyridine rings is 1. The van der Waals surface area contributed by atoms with Crippen LogP contribution in [0.5, 0.6) is 0 Å². The van der Waals surface area contributed by atoms with Gasteiger partial charge in [0, 0.05) is 11.2 Å². The Hall–Kier alpha value is -2.49. The van der Waals surface area contributed by atoms with Gasteiger partial charge in [-0.25, -0.2) is 13.2 Å². The fraction of sp³-hybridized carbons (Fsp3) is 0.333. The lowest BCUT2D eigenvalue weighted by Crippen LogP contribution is -2.27. The van der Waals surface area contributed by atoms with E-state index < -0.39 is 39.5 Å². The van der Waals surface area contributed by atoms with E-state index in [0.29, 0.717) is 18.5 Å². The maximum atomic E-state index is 14.3. The lowest BCUT2D eigenvalue weighted by atomic mass is 10.0. The lowest BCUT2D eigenvalue weighted by Gasteiger charge is -2.26. The maximum absolute atomic E-state index is 14.3. The average Bonchev–Trinajstić information content (AvgIpc) is 2.77. The van der Waals surface area contributed by atoms with E-state index in [1.54, 1.807) is 19.9 Å². The Bertz CT molecular complexity index is 938. The zero-order chi connectivity index (χ0) is 16.4. The van der Waals surface area contributed by atoms with Crippen molar-refractivity contribution < 1.29 is 13.2 Å². The van der Waals surface area contributed by atoms with Crippen LogP contribution in [0.2, 0.25) is 0 Å². The van der Waals surface area contributed by atoms with Gasteiger partial charge in [0.2, 0.25) is 5.43 Å². The van der Waals surface area contributed by atoms with Crippen molar-refractivity contribution in [2.45, 2.75) is 32.2 Å². The zero-order valence-corrected chi connectivity index (χ0v) is 11.9. The Balaban J connectivity index is 2.74. The van der Waals surface area contributed by atoms with Crippen molar-refractivity contribution in [3.8, 4) is 6.07 Å². The molecule has 0 aliphatic carbocycles. The van der Waals surface area contributed by atoms with Gasteiger partial charge >= 0.3 is 0 Å². The molecular weight excluding hydrogens is 295 g/mol. The highest BCUT2D eigenvalue weighted by Gasteiger charge is 2.36. The quantitative estimate of drug-likeness (QED) is 0.600. The van der Waals surface area contributed by atoms with Crippen LogP contribution in [-0.2, 0) is 12.0 Å². The topological polar surface area (TPSA) is 71.8 Å². The molecule has 3 rings (SSSR count). The number of aromatic nitrogens is 1. The minimum atomic E-state index is -1.72. The second-order valence-electron chi connectivity index (χ2n) is 5.99. The summed E-state index contributed by atoms with van der Waals surface area (Å²) in [5.41, 5.74) is 2.96. The molecule has 0 spiro atoms. The van der Waals surface area contributed by atoms with Gasteiger partial charge in [0.25, 0.3) is 0 Å². The standard InChI is InChI=1S/C15H12F3N3O/c1-15(2)4-3-7-6(5-19)14(22)8-12(20)10(17)9(16)11(18)13(8)21(7)15/h3-4,20H2,1-2H3. The molecule has 0 saturated heterocycles. The number of rotatable bonds is 0. The van der Waals surface area contributed by atoms with Gasteiger partial charge < -0.3 is 10.3 Å². The van der Waals surface area contributed by atoms with E-state index in [1.807, 2.05) is 0 Å². The van der Waals surface area contributed by atoms with Crippen LogP contribution in [0.3, 0.4) is 0 Å². The monoisotopic (exact) mass is 307 g/mol. The maximum Gasteiger partial charge on any atom is 0.209 e. The van der Waals surface area contributed by atoms with Crippen molar-refractivity contribution in [3.05, 3.63) is 38.9 Å². The lowest BCUT2D eigenvalue weighted by molar-refractivity contribution is 0.378. The molecule has 0 bridgehead atoms. The molecule has 1 aromatic carbocycles. The molecule has 0 atom stereocenters. The van der Waals surface area contributed by atoms with Gasteiger partial charge in [-0.05, 0) is 26.7 Å². The molecule has 4 nitrogen and oxygen atoms in total.